The molecule has 0 N–H and O–H groups in total. The Hall–Kier alpha value is -2.81. The summed E-state index contributed by atoms with van der Waals surface area (Å²) in [5.74, 6) is 1.72. The molecule has 122 valence electrons. The predicted octanol–water partition coefficient (Wildman–Crippen LogP) is 4.42. The Morgan fingerprint density at radius 1 is 1.04 bits per heavy atom. The first-order chi connectivity index (χ1) is 11.7. The molecule has 1 aliphatic rings. The minimum atomic E-state index is 0.823. The third-order valence-electron chi connectivity index (χ3n) is 4.07. The van der Waals surface area contributed by atoms with E-state index in [1.54, 1.807) is 7.11 Å². The van der Waals surface area contributed by atoms with Gasteiger partial charge in [0.15, 0.2) is 0 Å². The van der Waals surface area contributed by atoms with Gasteiger partial charge in [-0.05, 0) is 37.1 Å². The quantitative estimate of drug-likeness (QED) is 0.815. The fourth-order valence-electron chi connectivity index (χ4n) is 2.88. The van der Waals surface area contributed by atoms with Gasteiger partial charge >= 0.3 is 0 Å². The van der Waals surface area contributed by atoms with Crippen LogP contribution in [0, 0.1) is 0 Å². The summed E-state index contributed by atoms with van der Waals surface area (Å²) in [6, 6.07) is 18.4. The summed E-state index contributed by atoms with van der Waals surface area (Å²) in [5.41, 5.74) is 4.20. The van der Waals surface area contributed by atoms with Gasteiger partial charge in [0.25, 0.3) is 0 Å². The van der Waals surface area contributed by atoms with E-state index in [0.717, 1.165) is 41.5 Å². The number of hydrogen-bond acceptors (Lipinski definition) is 3. The van der Waals surface area contributed by atoms with E-state index in [-0.39, 0.29) is 0 Å². The van der Waals surface area contributed by atoms with Crippen molar-refractivity contribution >= 4 is 5.84 Å². The number of aliphatic imine (C=N–C) groups is 1. The van der Waals surface area contributed by atoms with Crippen molar-refractivity contribution < 1.29 is 4.74 Å². The molecule has 0 saturated heterocycles. The molecule has 0 fully saturated rings. The van der Waals surface area contributed by atoms with Crippen LogP contribution >= 0.6 is 0 Å². The summed E-state index contributed by atoms with van der Waals surface area (Å²) in [4.78, 5) is 6.93. The molecule has 0 aliphatic carbocycles. The van der Waals surface area contributed by atoms with Crippen LogP contribution in [0.25, 0.3) is 0 Å². The molecule has 3 rings (SSSR count). The summed E-state index contributed by atoms with van der Waals surface area (Å²) >= 11 is 0. The standard InChI is InChI=1S/C21H22N2O/c1-16-15-17(2)23(14-13-18-9-5-4-6-10-18)21(22-16)19-11-7-8-12-20(19)24-3/h4-12,15H,2,13-14H2,1,3H3. The molecule has 24 heavy (non-hydrogen) atoms. The number of allylic oxidation sites excluding steroid dienone is 2. The molecule has 0 spiro atoms. The molecule has 1 aliphatic heterocycles. The normalized spacial score (nSPS) is 14.2. The predicted molar refractivity (Wildman–Crippen MR) is 99.3 cm³/mol. The van der Waals surface area contributed by atoms with Crippen LogP contribution in [0.3, 0.4) is 0 Å². The van der Waals surface area contributed by atoms with Gasteiger partial charge in [-0.2, -0.15) is 0 Å². The van der Waals surface area contributed by atoms with E-state index in [1.165, 1.54) is 5.56 Å². The maximum Gasteiger partial charge on any atom is 0.144 e. The van der Waals surface area contributed by atoms with Gasteiger partial charge in [-0.25, -0.2) is 4.99 Å². The lowest BCUT2D eigenvalue weighted by atomic mass is 10.1. The molecule has 0 amide bonds. The van der Waals surface area contributed by atoms with Gasteiger partial charge in [0.1, 0.15) is 11.6 Å². The lowest BCUT2D eigenvalue weighted by molar-refractivity contribution is 0.412. The molecule has 2 aromatic carbocycles. The second kappa shape index (κ2) is 7.18. The van der Waals surface area contributed by atoms with Crippen LogP contribution in [0.15, 0.2) is 83.6 Å². The van der Waals surface area contributed by atoms with Crippen molar-refractivity contribution in [2.24, 2.45) is 4.99 Å². The van der Waals surface area contributed by atoms with Crippen molar-refractivity contribution in [1.82, 2.24) is 4.90 Å². The minimum absolute atomic E-state index is 0.823. The third kappa shape index (κ3) is 3.40. The van der Waals surface area contributed by atoms with E-state index >= 15 is 0 Å². The van der Waals surface area contributed by atoms with Crippen LogP contribution in [0.5, 0.6) is 5.75 Å². The van der Waals surface area contributed by atoms with E-state index < -0.39 is 0 Å². The van der Waals surface area contributed by atoms with Crippen LogP contribution in [0.1, 0.15) is 18.1 Å². The fraction of sp³-hybridized carbons (Fsp3) is 0.190. The number of benzene rings is 2. The highest BCUT2D eigenvalue weighted by Crippen LogP contribution is 2.26. The van der Waals surface area contributed by atoms with E-state index in [2.05, 4.69) is 35.7 Å². The van der Waals surface area contributed by atoms with E-state index in [0.29, 0.717) is 0 Å². The Balaban J connectivity index is 1.91. The number of hydrogen-bond donors (Lipinski definition) is 0. The molecule has 0 unspecified atom stereocenters. The Bertz CT molecular complexity index is 790. The zero-order valence-corrected chi connectivity index (χ0v) is 14.2. The SMILES string of the molecule is C=C1C=C(C)N=C(c2ccccc2OC)N1CCc1ccccc1. The molecule has 2 aromatic rings. The number of nitrogens with zero attached hydrogens (tertiary/aromatic N) is 2. The van der Waals surface area contributed by atoms with Gasteiger partial charge < -0.3 is 9.64 Å². The number of methoxy groups -OCH3 is 1. The summed E-state index contributed by atoms with van der Waals surface area (Å²) < 4.78 is 5.52. The van der Waals surface area contributed by atoms with Crippen molar-refractivity contribution in [2.45, 2.75) is 13.3 Å². The molecular formula is C21H22N2O. The topological polar surface area (TPSA) is 24.8 Å². The monoisotopic (exact) mass is 318 g/mol. The molecule has 0 bridgehead atoms. The second-order valence-corrected chi connectivity index (χ2v) is 5.80. The van der Waals surface area contributed by atoms with Crippen LogP contribution in [-0.4, -0.2) is 24.4 Å². The first-order valence-electron chi connectivity index (χ1n) is 8.10. The minimum Gasteiger partial charge on any atom is -0.496 e. The lowest BCUT2D eigenvalue weighted by Crippen LogP contribution is -2.34. The number of rotatable bonds is 5. The number of ether oxygens (including phenoxy) is 1. The van der Waals surface area contributed by atoms with Crippen molar-refractivity contribution in [3.05, 3.63) is 89.8 Å². The van der Waals surface area contributed by atoms with Gasteiger partial charge in [-0.1, -0.05) is 49.0 Å². The zero-order valence-electron chi connectivity index (χ0n) is 14.2. The van der Waals surface area contributed by atoms with Crippen molar-refractivity contribution in [2.75, 3.05) is 13.7 Å². The van der Waals surface area contributed by atoms with Gasteiger partial charge in [-0.3, -0.25) is 0 Å². The van der Waals surface area contributed by atoms with E-state index in [1.807, 2.05) is 43.3 Å². The van der Waals surface area contributed by atoms with E-state index in [4.69, 9.17) is 9.73 Å². The zero-order chi connectivity index (χ0) is 16.9. The molecule has 1 heterocycles. The summed E-state index contributed by atoms with van der Waals surface area (Å²) in [6.45, 7) is 7.04. The molecular weight excluding hydrogens is 296 g/mol. The Morgan fingerprint density at radius 3 is 2.50 bits per heavy atom. The number of para-hydroxylation sites is 1. The van der Waals surface area contributed by atoms with Crippen molar-refractivity contribution in [1.29, 1.82) is 0 Å². The highest BCUT2D eigenvalue weighted by molar-refractivity contribution is 6.03. The van der Waals surface area contributed by atoms with Gasteiger partial charge in [0, 0.05) is 17.9 Å². The first kappa shape index (κ1) is 16.1. The lowest BCUT2D eigenvalue weighted by Gasteiger charge is -2.30. The summed E-state index contributed by atoms with van der Waals surface area (Å²) in [5, 5.41) is 0. The molecule has 0 radical (unpaired) electrons. The third-order valence-corrected chi connectivity index (χ3v) is 4.07. The summed E-state index contributed by atoms with van der Waals surface area (Å²) in [6.07, 6.45) is 2.95. The smallest absolute Gasteiger partial charge is 0.144 e. The maximum absolute atomic E-state index is 5.52. The van der Waals surface area contributed by atoms with Gasteiger partial charge in [0.2, 0.25) is 0 Å². The van der Waals surface area contributed by atoms with Gasteiger partial charge in [0.05, 0.1) is 12.7 Å². The second-order valence-electron chi connectivity index (χ2n) is 5.80. The Kier molecular flexibility index (Phi) is 4.80. The van der Waals surface area contributed by atoms with E-state index in [9.17, 15) is 0 Å². The van der Waals surface area contributed by atoms with Gasteiger partial charge in [-0.15, -0.1) is 0 Å². The van der Waals surface area contributed by atoms with Crippen LogP contribution in [-0.2, 0) is 6.42 Å². The van der Waals surface area contributed by atoms with Crippen LogP contribution in [0.4, 0.5) is 0 Å². The maximum atomic E-state index is 5.52. The molecule has 3 heteroatoms. The highest BCUT2D eigenvalue weighted by atomic mass is 16.5. The van der Waals surface area contributed by atoms with Crippen molar-refractivity contribution in [3.63, 3.8) is 0 Å². The molecule has 0 saturated carbocycles. The van der Waals surface area contributed by atoms with Crippen molar-refractivity contribution in [3.8, 4) is 5.75 Å². The average molecular weight is 318 g/mol. The molecule has 0 atom stereocenters. The molecule has 3 nitrogen and oxygen atoms in total. The summed E-state index contributed by atoms with van der Waals surface area (Å²) in [7, 11) is 1.69. The average Bonchev–Trinajstić information content (AvgIpc) is 2.61. The highest BCUT2D eigenvalue weighted by Gasteiger charge is 2.22. The fourth-order valence-corrected chi connectivity index (χ4v) is 2.88. The van der Waals surface area contributed by atoms with Crippen LogP contribution < -0.4 is 4.74 Å². The van der Waals surface area contributed by atoms with Crippen LogP contribution in [0.2, 0.25) is 0 Å². The Morgan fingerprint density at radius 2 is 1.75 bits per heavy atom. The largest absolute Gasteiger partial charge is 0.496 e. The number of amidine groups is 1. The molecule has 0 aromatic heterocycles. The first-order valence-corrected chi connectivity index (χ1v) is 8.10. The Labute approximate surface area is 143 Å².